The summed E-state index contributed by atoms with van der Waals surface area (Å²) in [6, 6.07) is 4.85. The van der Waals surface area contributed by atoms with E-state index >= 15 is 4.39 Å². The topological polar surface area (TPSA) is 60.2 Å². The molecule has 9 heteroatoms. The Morgan fingerprint density at radius 1 is 1.19 bits per heavy atom. The minimum absolute atomic E-state index is 0.00551. The molecule has 1 fully saturated rings. The summed E-state index contributed by atoms with van der Waals surface area (Å²) in [5, 5.41) is 0. The Labute approximate surface area is 176 Å². The third-order valence-electron chi connectivity index (χ3n) is 5.83. The molecule has 2 aromatic heterocycles. The highest BCUT2D eigenvalue weighted by atomic mass is 19.1. The summed E-state index contributed by atoms with van der Waals surface area (Å²) in [4.78, 5) is 22.1. The summed E-state index contributed by atoms with van der Waals surface area (Å²) in [6.07, 6.45) is 4.16. The van der Waals surface area contributed by atoms with Crippen LogP contribution in [0.2, 0.25) is 0 Å². The van der Waals surface area contributed by atoms with Gasteiger partial charge in [-0.25, -0.2) is 18.7 Å². The van der Waals surface area contributed by atoms with Crippen LogP contribution in [0.3, 0.4) is 0 Å². The molecule has 2 aliphatic rings. The number of halogens is 3. The summed E-state index contributed by atoms with van der Waals surface area (Å²) in [5.74, 6) is -2.16. The minimum atomic E-state index is -1.000. The summed E-state index contributed by atoms with van der Waals surface area (Å²) in [7, 11) is 0. The van der Waals surface area contributed by atoms with Crippen LogP contribution in [0.5, 0.6) is 11.5 Å². The molecule has 0 saturated heterocycles. The van der Waals surface area contributed by atoms with E-state index in [0.717, 1.165) is 31.2 Å². The Hall–Kier alpha value is -3.36. The van der Waals surface area contributed by atoms with Gasteiger partial charge in [-0.05, 0) is 37.8 Å². The number of amides is 1. The lowest BCUT2D eigenvalue weighted by Crippen LogP contribution is -2.33. The zero-order valence-electron chi connectivity index (χ0n) is 16.7. The molecule has 31 heavy (non-hydrogen) atoms. The lowest BCUT2D eigenvalue weighted by Gasteiger charge is -2.29. The number of carbonyl (C=O) groups is 1. The fraction of sp³-hybridized carbons (Fsp3) is 0.318. The van der Waals surface area contributed by atoms with Crippen LogP contribution in [0.25, 0.3) is 11.3 Å². The average molecular weight is 428 g/mol. The molecule has 1 aromatic carbocycles. The summed E-state index contributed by atoms with van der Waals surface area (Å²) in [6.45, 7) is 2.74. The molecule has 0 radical (unpaired) electrons. The van der Waals surface area contributed by atoms with Crippen molar-refractivity contribution in [1.82, 2.24) is 19.4 Å². The van der Waals surface area contributed by atoms with Crippen molar-refractivity contribution in [3.05, 3.63) is 59.6 Å². The SMILES string of the molecule is Cc1nc2n(c1-c1ccc(Oc3cc(F)cnc3F)cc1F)CN(CC1CCC1)C2=O. The number of nitrogens with zero attached hydrogens (tertiary/aromatic N) is 4. The van der Waals surface area contributed by atoms with Crippen LogP contribution < -0.4 is 4.74 Å². The van der Waals surface area contributed by atoms with E-state index < -0.39 is 23.3 Å². The Balaban J connectivity index is 1.43. The second kappa shape index (κ2) is 7.40. The van der Waals surface area contributed by atoms with Crippen molar-refractivity contribution in [3.8, 4) is 22.8 Å². The van der Waals surface area contributed by atoms with Gasteiger partial charge in [0.1, 0.15) is 17.4 Å². The van der Waals surface area contributed by atoms with E-state index in [0.29, 0.717) is 36.3 Å². The molecule has 1 amide bonds. The van der Waals surface area contributed by atoms with E-state index in [-0.39, 0.29) is 17.2 Å². The van der Waals surface area contributed by atoms with Crippen LogP contribution >= 0.6 is 0 Å². The van der Waals surface area contributed by atoms with Crippen LogP contribution in [0.15, 0.2) is 30.5 Å². The highest BCUT2D eigenvalue weighted by molar-refractivity contribution is 5.94. The number of carbonyl (C=O) groups excluding carboxylic acids is 1. The predicted molar refractivity (Wildman–Crippen MR) is 105 cm³/mol. The fourth-order valence-electron chi connectivity index (χ4n) is 4.07. The molecule has 1 aliphatic carbocycles. The molecule has 6 nitrogen and oxygen atoms in total. The molecular weight excluding hydrogens is 409 g/mol. The van der Waals surface area contributed by atoms with Crippen LogP contribution in [0, 0.1) is 30.4 Å². The van der Waals surface area contributed by atoms with Crippen molar-refractivity contribution in [1.29, 1.82) is 0 Å². The maximum atomic E-state index is 15.0. The molecule has 1 saturated carbocycles. The van der Waals surface area contributed by atoms with E-state index in [1.54, 1.807) is 16.4 Å². The van der Waals surface area contributed by atoms with Gasteiger partial charge >= 0.3 is 0 Å². The Morgan fingerprint density at radius 2 is 2.00 bits per heavy atom. The maximum Gasteiger partial charge on any atom is 0.291 e. The smallest absolute Gasteiger partial charge is 0.291 e. The third-order valence-corrected chi connectivity index (χ3v) is 5.83. The Morgan fingerprint density at radius 3 is 2.71 bits per heavy atom. The second-order valence-corrected chi connectivity index (χ2v) is 7.95. The van der Waals surface area contributed by atoms with Crippen LogP contribution in [-0.4, -0.2) is 31.9 Å². The largest absolute Gasteiger partial charge is 0.452 e. The fourth-order valence-corrected chi connectivity index (χ4v) is 4.07. The minimum Gasteiger partial charge on any atom is -0.452 e. The summed E-state index contributed by atoms with van der Waals surface area (Å²) < 4.78 is 49.0. The van der Waals surface area contributed by atoms with Crippen LogP contribution in [-0.2, 0) is 6.67 Å². The number of rotatable bonds is 5. The van der Waals surface area contributed by atoms with E-state index in [9.17, 15) is 13.6 Å². The molecule has 160 valence electrons. The predicted octanol–water partition coefficient (Wildman–Crippen LogP) is 4.68. The van der Waals surface area contributed by atoms with Crippen molar-refractivity contribution in [3.63, 3.8) is 0 Å². The van der Waals surface area contributed by atoms with E-state index in [2.05, 4.69) is 9.97 Å². The van der Waals surface area contributed by atoms with Crippen molar-refractivity contribution in [2.75, 3.05) is 6.54 Å². The van der Waals surface area contributed by atoms with Gasteiger partial charge in [-0.2, -0.15) is 4.39 Å². The van der Waals surface area contributed by atoms with Crippen LogP contribution in [0.1, 0.15) is 35.6 Å². The Bertz CT molecular complexity index is 1190. The first kappa shape index (κ1) is 19.6. The number of benzene rings is 1. The van der Waals surface area contributed by atoms with Gasteiger partial charge in [0.05, 0.1) is 24.3 Å². The highest BCUT2D eigenvalue weighted by Crippen LogP contribution is 2.35. The molecular formula is C22H19F3N4O2. The Kier molecular flexibility index (Phi) is 4.68. The van der Waals surface area contributed by atoms with Gasteiger partial charge in [0.15, 0.2) is 5.75 Å². The number of ether oxygens (including phenoxy) is 1. The second-order valence-electron chi connectivity index (χ2n) is 7.95. The molecule has 1 aliphatic heterocycles. The first-order valence-electron chi connectivity index (χ1n) is 10.1. The zero-order chi connectivity index (χ0) is 21.7. The number of hydrogen-bond donors (Lipinski definition) is 0. The number of pyridine rings is 1. The molecule has 5 rings (SSSR count). The average Bonchev–Trinajstić information content (AvgIpc) is 3.17. The standard InChI is InChI=1S/C22H19F3N4O2/c1-12-19(29-11-28(10-13-3-2-4-13)22(30)21(29)27-12)16-6-5-15(8-17(16)24)31-18-7-14(23)9-26-20(18)25/h5-9,13H,2-4,10-11H2,1H3. The van der Waals surface area contributed by atoms with Gasteiger partial charge in [0.2, 0.25) is 5.82 Å². The molecule has 0 atom stereocenters. The van der Waals surface area contributed by atoms with Gasteiger partial charge in [0.25, 0.3) is 11.9 Å². The van der Waals surface area contributed by atoms with E-state index in [1.807, 2.05) is 0 Å². The molecule has 3 aromatic rings. The lowest BCUT2D eigenvalue weighted by atomic mass is 9.85. The molecule has 3 heterocycles. The van der Waals surface area contributed by atoms with Crippen molar-refractivity contribution >= 4 is 5.91 Å². The first-order valence-corrected chi connectivity index (χ1v) is 10.1. The number of fused-ring (bicyclic) bond motifs is 1. The highest BCUT2D eigenvalue weighted by Gasteiger charge is 2.35. The summed E-state index contributed by atoms with van der Waals surface area (Å²) >= 11 is 0. The van der Waals surface area contributed by atoms with Crippen LogP contribution in [0.4, 0.5) is 13.2 Å². The number of imidazole rings is 1. The lowest BCUT2D eigenvalue weighted by molar-refractivity contribution is 0.0702. The van der Waals surface area contributed by atoms with Gasteiger partial charge in [-0.15, -0.1) is 0 Å². The number of hydrogen-bond acceptors (Lipinski definition) is 4. The number of aromatic nitrogens is 3. The molecule has 0 spiro atoms. The normalized spacial score (nSPS) is 15.9. The molecule has 0 N–H and O–H groups in total. The van der Waals surface area contributed by atoms with Crippen molar-refractivity contribution in [2.24, 2.45) is 5.92 Å². The third kappa shape index (κ3) is 3.43. The first-order chi connectivity index (χ1) is 14.9. The van der Waals surface area contributed by atoms with Gasteiger partial charge in [0, 0.05) is 24.2 Å². The van der Waals surface area contributed by atoms with Gasteiger partial charge < -0.3 is 14.2 Å². The van der Waals surface area contributed by atoms with Gasteiger partial charge in [-0.3, -0.25) is 4.79 Å². The maximum absolute atomic E-state index is 15.0. The molecule has 0 bridgehead atoms. The van der Waals surface area contributed by atoms with Crippen molar-refractivity contribution < 1.29 is 22.7 Å². The van der Waals surface area contributed by atoms with Gasteiger partial charge in [-0.1, -0.05) is 6.42 Å². The van der Waals surface area contributed by atoms with E-state index in [4.69, 9.17) is 4.74 Å². The quantitative estimate of drug-likeness (QED) is 0.554. The number of aryl methyl sites for hydroxylation is 1. The van der Waals surface area contributed by atoms with E-state index in [1.165, 1.54) is 18.6 Å². The molecule has 0 unspecified atom stereocenters. The summed E-state index contributed by atoms with van der Waals surface area (Å²) in [5.41, 5.74) is 1.31. The monoisotopic (exact) mass is 428 g/mol. The van der Waals surface area contributed by atoms with Crippen molar-refractivity contribution in [2.45, 2.75) is 32.9 Å². The zero-order valence-corrected chi connectivity index (χ0v) is 16.7.